The summed E-state index contributed by atoms with van der Waals surface area (Å²) in [6.07, 6.45) is 0. The van der Waals surface area contributed by atoms with Crippen LogP contribution in [0.15, 0.2) is 139 Å². The second kappa shape index (κ2) is 10.8. The molecule has 5 aromatic carbocycles. The summed E-state index contributed by atoms with van der Waals surface area (Å²) >= 11 is 1.60. The molecule has 0 unspecified atom stereocenters. The van der Waals surface area contributed by atoms with Crippen molar-refractivity contribution in [3.8, 4) is 33.4 Å². The number of nitrogens with two attached hydrogens (primary N) is 1. The van der Waals surface area contributed by atoms with Crippen LogP contribution < -0.4 is 5.73 Å². The Balaban J connectivity index is 1.32. The van der Waals surface area contributed by atoms with E-state index in [0.29, 0.717) is 0 Å². The van der Waals surface area contributed by atoms with Crippen molar-refractivity contribution in [3.05, 3.63) is 146 Å². The number of anilines is 1. The van der Waals surface area contributed by atoms with E-state index in [4.69, 9.17) is 5.73 Å². The van der Waals surface area contributed by atoms with Gasteiger partial charge in [0, 0.05) is 15.5 Å². The third-order valence-electron chi connectivity index (χ3n) is 6.48. The molecule has 37 heavy (non-hydrogen) atoms. The molecule has 2 N–H and O–H groups in total. The van der Waals surface area contributed by atoms with Crippen molar-refractivity contribution >= 4 is 27.9 Å². The fourth-order valence-corrected chi connectivity index (χ4v) is 5.15. The summed E-state index contributed by atoms with van der Waals surface area (Å²) in [6.45, 7) is 10.3. The average Bonchev–Trinajstić information content (AvgIpc) is 2.94. The zero-order valence-corrected chi connectivity index (χ0v) is 21.8. The molecular weight excluding hydrogens is 466 g/mol. The van der Waals surface area contributed by atoms with Gasteiger partial charge in [0.1, 0.15) is 0 Å². The summed E-state index contributed by atoms with van der Waals surface area (Å²) in [4.78, 5) is 2.01. The molecule has 1 nitrogen and oxygen atoms in total. The van der Waals surface area contributed by atoms with Crippen molar-refractivity contribution in [2.24, 2.45) is 0 Å². The molecule has 0 saturated heterocycles. The minimum atomic E-state index is 0.774. The fraction of sp³-hybridized carbons (Fsp3) is 0.0286. The van der Waals surface area contributed by atoms with Gasteiger partial charge in [0.15, 0.2) is 0 Å². The summed E-state index contributed by atoms with van der Waals surface area (Å²) in [7, 11) is 0. The van der Waals surface area contributed by atoms with Crippen LogP contribution in [0.3, 0.4) is 0 Å². The highest BCUT2D eigenvalue weighted by atomic mass is 32.2. The van der Waals surface area contributed by atoms with Crippen molar-refractivity contribution in [1.29, 1.82) is 0 Å². The van der Waals surface area contributed by atoms with Crippen molar-refractivity contribution in [2.45, 2.75) is 11.8 Å². The smallest absolute Gasteiger partial charge is 0.0455 e. The Bertz CT molecular complexity index is 1560. The minimum Gasteiger partial charge on any atom is -0.398 e. The first-order chi connectivity index (χ1) is 18.0. The van der Waals surface area contributed by atoms with Gasteiger partial charge in [-0.3, -0.25) is 0 Å². The maximum absolute atomic E-state index is 6.10. The Kier molecular flexibility index (Phi) is 7.11. The van der Waals surface area contributed by atoms with Gasteiger partial charge in [0.2, 0.25) is 0 Å². The summed E-state index contributed by atoms with van der Waals surface area (Å²) in [6, 6.07) is 42.5. The largest absolute Gasteiger partial charge is 0.398 e. The van der Waals surface area contributed by atoms with Gasteiger partial charge in [-0.2, -0.15) is 0 Å². The summed E-state index contributed by atoms with van der Waals surface area (Å²) in [5, 5.41) is 0. The molecule has 0 aliphatic rings. The summed E-state index contributed by atoms with van der Waals surface area (Å²) < 4.78 is 0. The molecule has 0 heterocycles. The van der Waals surface area contributed by atoms with Gasteiger partial charge >= 0.3 is 0 Å². The molecule has 0 radical (unpaired) electrons. The predicted molar refractivity (Wildman–Crippen MR) is 163 cm³/mol. The molecule has 0 aliphatic heterocycles. The van der Waals surface area contributed by atoms with E-state index in [2.05, 4.69) is 110 Å². The Morgan fingerprint density at radius 1 is 0.541 bits per heavy atom. The van der Waals surface area contributed by atoms with E-state index in [1.54, 1.807) is 11.8 Å². The van der Waals surface area contributed by atoms with Gasteiger partial charge in [0.25, 0.3) is 0 Å². The second-order valence-electron chi connectivity index (χ2n) is 9.16. The molecule has 0 fully saturated rings. The van der Waals surface area contributed by atoms with Crippen LogP contribution in [0.5, 0.6) is 0 Å². The molecule has 2 heteroatoms. The number of para-hydroxylation sites is 1. The topological polar surface area (TPSA) is 26.0 Å². The number of hydrogen-bond acceptors (Lipinski definition) is 2. The van der Waals surface area contributed by atoms with Crippen LogP contribution in [0.1, 0.15) is 18.1 Å². The lowest BCUT2D eigenvalue weighted by molar-refractivity contribution is 1.47. The maximum Gasteiger partial charge on any atom is 0.0455 e. The van der Waals surface area contributed by atoms with Crippen LogP contribution >= 0.6 is 11.8 Å². The van der Waals surface area contributed by atoms with Crippen molar-refractivity contribution in [3.63, 3.8) is 0 Å². The number of allylic oxidation sites excluding steroid dienone is 1. The van der Waals surface area contributed by atoms with Crippen LogP contribution in [-0.4, -0.2) is 0 Å². The third-order valence-corrected chi connectivity index (χ3v) is 7.56. The van der Waals surface area contributed by atoms with Crippen molar-refractivity contribution in [1.82, 2.24) is 0 Å². The predicted octanol–water partition coefficient (Wildman–Crippen LogP) is 10.1. The Hall–Kier alpha value is -4.27. The Morgan fingerprint density at radius 3 is 1.51 bits per heavy atom. The molecule has 0 spiro atoms. The Morgan fingerprint density at radius 2 is 1.00 bits per heavy atom. The highest BCUT2D eigenvalue weighted by Crippen LogP contribution is 2.37. The van der Waals surface area contributed by atoms with Crippen LogP contribution in [0.2, 0.25) is 0 Å². The van der Waals surface area contributed by atoms with E-state index < -0.39 is 0 Å². The van der Waals surface area contributed by atoms with Crippen molar-refractivity contribution in [2.75, 3.05) is 5.73 Å². The first-order valence-corrected chi connectivity index (χ1v) is 13.1. The van der Waals surface area contributed by atoms with E-state index in [-0.39, 0.29) is 0 Å². The molecule has 0 atom stereocenters. The lowest BCUT2D eigenvalue weighted by Crippen LogP contribution is -1.88. The maximum atomic E-state index is 6.10. The molecule has 0 bridgehead atoms. The van der Waals surface area contributed by atoms with E-state index in [1.165, 1.54) is 38.9 Å². The first-order valence-electron chi connectivity index (χ1n) is 12.3. The molecule has 5 rings (SSSR count). The van der Waals surface area contributed by atoms with Gasteiger partial charge < -0.3 is 5.73 Å². The number of hydrogen-bond donors (Lipinski definition) is 1. The fourth-order valence-electron chi connectivity index (χ4n) is 4.29. The monoisotopic (exact) mass is 495 g/mol. The van der Waals surface area contributed by atoms with Gasteiger partial charge in [0.05, 0.1) is 0 Å². The molecule has 180 valence electrons. The normalized spacial score (nSPS) is 10.7. The minimum absolute atomic E-state index is 0.774. The Labute approximate surface area is 224 Å². The van der Waals surface area contributed by atoms with E-state index >= 15 is 0 Å². The third kappa shape index (κ3) is 5.61. The standard InChI is InChI=1S/C35H29NS/c1-24(2)26-11-15-28(16-12-26)29-19-21-31(22-20-29)33-8-6-7-32(23-33)30-17-13-27(14-18-30)25(3)37-35-10-5-4-9-34(35)36/h4-23H,1,3,36H2,2H3. The number of benzene rings is 5. The van der Waals surface area contributed by atoms with Gasteiger partial charge in [-0.15, -0.1) is 0 Å². The number of rotatable bonds is 7. The van der Waals surface area contributed by atoms with Gasteiger partial charge in [-0.1, -0.05) is 134 Å². The zero-order valence-electron chi connectivity index (χ0n) is 20.9. The molecule has 0 saturated carbocycles. The van der Waals surface area contributed by atoms with Crippen LogP contribution in [-0.2, 0) is 0 Å². The van der Waals surface area contributed by atoms with E-state index in [9.17, 15) is 0 Å². The number of nitrogen functional groups attached to an aromatic ring is 1. The van der Waals surface area contributed by atoms with E-state index in [1.807, 2.05) is 31.2 Å². The molecule has 0 aromatic heterocycles. The average molecular weight is 496 g/mol. The second-order valence-corrected chi connectivity index (χ2v) is 10.3. The molecule has 0 aliphatic carbocycles. The van der Waals surface area contributed by atoms with Gasteiger partial charge in [-0.05, 0) is 69.6 Å². The quantitative estimate of drug-likeness (QED) is 0.179. The highest BCUT2D eigenvalue weighted by molar-refractivity contribution is 8.08. The van der Waals surface area contributed by atoms with Crippen LogP contribution in [0.4, 0.5) is 5.69 Å². The molecule has 5 aromatic rings. The van der Waals surface area contributed by atoms with Gasteiger partial charge in [-0.25, -0.2) is 0 Å². The zero-order chi connectivity index (χ0) is 25.8. The summed E-state index contributed by atoms with van der Waals surface area (Å²) in [5.41, 5.74) is 17.4. The van der Waals surface area contributed by atoms with Crippen LogP contribution in [0.25, 0.3) is 43.9 Å². The molecular formula is C35H29NS. The van der Waals surface area contributed by atoms with E-state index in [0.717, 1.165) is 26.6 Å². The highest BCUT2D eigenvalue weighted by Gasteiger charge is 2.07. The lowest BCUT2D eigenvalue weighted by atomic mass is 9.96. The number of thioether (sulfide) groups is 1. The molecule has 0 amide bonds. The van der Waals surface area contributed by atoms with Crippen molar-refractivity contribution < 1.29 is 0 Å². The van der Waals surface area contributed by atoms with Crippen LogP contribution in [0, 0.1) is 0 Å². The summed E-state index contributed by atoms with van der Waals surface area (Å²) in [5.74, 6) is 0. The lowest BCUT2D eigenvalue weighted by Gasteiger charge is -2.10. The first kappa shape index (κ1) is 24.4. The SMILES string of the molecule is C=C(C)c1ccc(-c2ccc(-c3cccc(-c4ccc(C(=C)Sc5ccccc5N)cc4)c3)cc2)cc1.